The lowest BCUT2D eigenvalue weighted by atomic mass is 10.1. The van der Waals surface area contributed by atoms with Crippen molar-refractivity contribution in [3.63, 3.8) is 0 Å². The predicted octanol–water partition coefficient (Wildman–Crippen LogP) is 1.41. The van der Waals surface area contributed by atoms with E-state index in [1.165, 1.54) is 6.08 Å². The van der Waals surface area contributed by atoms with Crippen LogP contribution in [-0.4, -0.2) is 45.5 Å². The molecule has 3 amide bonds. The van der Waals surface area contributed by atoms with Gasteiger partial charge in [0.15, 0.2) is 0 Å². The van der Waals surface area contributed by atoms with Crippen LogP contribution >= 0.6 is 0 Å². The molecular weight excluding hydrogens is 394 g/mol. The Morgan fingerprint density at radius 2 is 1.48 bits per heavy atom. The summed E-state index contributed by atoms with van der Waals surface area (Å²) in [5.41, 5.74) is 13.7. The largest absolute Gasteiger partial charge is 0.368 e. The van der Waals surface area contributed by atoms with Gasteiger partial charge in [-0.15, -0.1) is 0 Å². The highest BCUT2D eigenvalue weighted by molar-refractivity contribution is 5.97. The number of hydrogen-bond acceptors (Lipinski definition) is 4. The van der Waals surface area contributed by atoms with Gasteiger partial charge in [-0.3, -0.25) is 19.1 Å². The van der Waals surface area contributed by atoms with Crippen LogP contribution in [0.5, 0.6) is 0 Å². The van der Waals surface area contributed by atoms with Crippen molar-refractivity contribution in [2.24, 2.45) is 11.5 Å². The number of aromatic nitrogens is 2. The first-order valence-electron chi connectivity index (χ1n) is 9.63. The average molecular weight is 417 g/mol. The maximum atomic E-state index is 12.5. The van der Waals surface area contributed by atoms with Gasteiger partial charge in [-0.25, -0.2) is 0 Å². The van der Waals surface area contributed by atoms with Crippen molar-refractivity contribution in [3.05, 3.63) is 84.1 Å². The average Bonchev–Trinajstić information content (AvgIpc) is 3.15. The lowest BCUT2D eigenvalue weighted by molar-refractivity contribution is -0.134. The molecule has 0 bridgehead atoms. The van der Waals surface area contributed by atoms with Crippen LogP contribution in [0, 0.1) is 0 Å². The van der Waals surface area contributed by atoms with E-state index in [0.29, 0.717) is 17.8 Å². The maximum absolute atomic E-state index is 12.5. The van der Waals surface area contributed by atoms with Crippen LogP contribution in [0.1, 0.15) is 11.1 Å². The van der Waals surface area contributed by atoms with E-state index in [1.807, 2.05) is 66.9 Å². The number of nitrogens with zero attached hydrogens (tertiary/aromatic N) is 3. The fourth-order valence-electron chi connectivity index (χ4n) is 3.09. The van der Waals surface area contributed by atoms with E-state index in [0.717, 1.165) is 16.0 Å². The van der Waals surface area contributed by atoms with Crippen molar-refractivity contribution in [1.29, 1.82) is 0 Å². The zero-order valence-corrected chi connectivity index (χ0v) is 16.8. The first-order chi connectivity index (χ1) is 14.9. The lowest BCUT2D eigenvalue weighted by Gasteiger charge is -2.17. The molecule has 0 aliphatic heterocycles. The molecule has 0 unspecified atom stereocenters. The Kier molecular flexibility index (Phi) is 6.95. The maximum Gasteiger partial charge on any atom is 0.247 e. The van der Waals surface area contributed by atoms with Crippen LogP contribution in [0.15, 0.2) is 72.9 Å². The van der Waals surface area contributed by atoms with E-state index in [2.05, 4.69) is 5.10 Å². The summed E-state index contributed by atoms with van der Waals surface area (Å²) >= 11 is 0. The van der Waals surface area contributed by atoms with Crippen molar-refractivity contribution < 1.29 is 14.4 Å². The van der Waals surface area contributed by atoms with Gasteiger partial charge in [0.1, 0.15) is 13.1 Å². The highest BCUT2D eigenvalue weighted by Gasteiger charge is 2.16. The second kappa shape index (κ2) is 10.0. The summed E-state index contributed by atoms with van der Waals surface area (Å²) < 4.78 is 1.80. The van der Waals surface area contributed by atoms with Crippen molar-refractivity contribution >= 4 is 23.8 Å². The number of benzene rings is 2. The summed E-state index contributed by atoms with van der Waals surface area (Å²) in [5.74, 6) is -2.01. The molecule has 0 saturated heterocycles. The Balaban J connectivity index is 1.90. The van der Waals surface area contributed by atoms with E-state index in [9.17, 15) is 14.4 Å². The Hall–Kier alpha value is -4.20. The highest BCUT2D eigenvalue weighted by Crippen LogP contribution is 2.23. The van der Waals surface area contributed by atoms with Gasteiger partial charge in [0.25, 0.3) is 0 Å². The third-order valence-corrected chi connectivity index (χ3v) is 4.44. The molecule has 158 valence electrons. The molecule has 0 atom stereocenters. The number of rotatable bonds is 9. The van der Waals surface area contributed by atoms with Gasteiger partial charge in [-0.05, 0) is 11.6 Å². The van der Waals surface area contributed by atoms with E-state index in [-0.39, 0.29) is 0 Å². The molecule has 1 aromatic heterocycles. The summed E-state index contributed by atoms with van der Waals surface area (Å²) in [7, 11) is 0. The molecule has 0 spiro atoms. The van der Waals surface area contributed by atoms with Crippen molar-refractivity contribution in [2.45, 2.75) is 6.54 Å². The third-order valence-electron chi connectivity index (χ3n) is 4.44. The lowest BCUT2D eigenvalue weighted by Crippen LogP contribution is -2.42. The molecule has 2 aromatic carbocycles. The number of carbonyl (C=O) groups is 3. The second-order valence-electron chi connectivity index (χ2n) is 6.94. The molecule has 0 aliphatic rings. The van der Waals surface area contributed by atoms with Crippen LogP contribution in [0.2, 0.25) is 0 Å². The van der Waals surface area contributed by atoms with Crippen LogP contribution in [0.3, 0.4) is 0 Å². The zero-order chi connectivity index (χ0) is 22.2. The Labute approximate surface area is 179 Å². The molecule has 1 heterocycles. The summed E-state index contributed by atoms with van der Waals surface area (Å²) in [6.45, 7) is -0.228. The van der Waals surface area contributed by atoms with E-state index < -0.39 is 30.8 Å². The van der Waals surface area contributed by atoms with Gasteiger partial charge in [-0.1, -0.05) is 60.7 Å². The number of carbonyl (C=O) groups excluding carboxylic acids is 3. The molecule has 0 aliphatic carbocycles. The van der Waals surface area contributed by atoms with E-state index in [1.54, 1.807) is 10.8 Å². The normalized spacial score (nSPS) is 10.8. The summed E-state index contributed by atoms with van der Waals surface area (Å²) in [6.07, 6.45) is 4.72. The number of nitrogens with two attached hydrogens (primary N) is 2. The van der Waals surface area contributed by atoms with Gasteiger partial charge < -0.3 is 16.4 Å². The van der Waals surface area contributed by atoms with Crippen LogP contribution < -0.4 is 11.5 Å². The van der Waals surface area contributed by atoms with Crippen LogP contribution in [0.4, 0.5) is 0 Å². The molecule has 0 fully saturated rings. The Morgan fingerprint density at radius 3 is 2.06 bits per heavy atom. The van der Waals surface area contributed by atoms with Gasteiger partial charge >= 0.3 is 0 Å². The third kappa shape index (κ3) is 6.14. The predicted molar refractivity (Wildman–Crippen MR) is 117 cm³/mol. The first-order valence-corrected chi connectivity index (χ1v) is 9.63. The summed E-state index contributed by atoms with van der Waals surface area (Å²) in [4.78, 5) is 36.0. The minimum atomic E-state index is -0.733. The molecule has 31 heavy (non-hydrogen) atoms. The van der Waals surface area contributed by atoms with E-state index >= 15 is 0 Å². The van der Waals surface area contributed by atoms with Gasteiger partial charge in [-0.2, -0.15) is 5.10 Å². The summed E-state index contributed by atoms with van der Waals surface area (Å²) in [5, 5.41) is 4.69. The van der Waals surface area contributed by atoms with E-state index in [4.69, 9.17) is 11.5 Å². The first kappa shape index (κ1) is 21.5. The van der Waals surface area contributed by atoms with Crippen molar-refractivity contribution in [1.82, 2.24) is 14.7 Å². The Morgan fingerprint density at radius 1 is 0.903 bits per heavy atom. The molecule has 8 nitrogen and oxygen atoms in total. The topological polar surface area (TPSA) is 124 Å². The Bertz CT molecular complexity index is 1070. The SMILES string of the molecule is NC(=O)CN(CC(N)=O)C(=O)C=Cc1cn(Cc2ccccc2)nc1-c1ccccc1. The zero-order valence-electron chi connectivity index (χ0n) is 16.8. The molecule has 3 rings (SSSR count). The minimum Gasteiger partial charge on any atom is -0.368 e. The minimum absolute atomic E-state index is 0.398. The smallest absolute Gasteiger partial charge is 0.247 e. The monoisotopic (exact) mass is 417 g/mol. The van der Waals surface area contributed by atoms with Crippen molar-refractivity contribution in [3.8, 4) is 11.3 Å². The number of amides is 3. The van der Waals surface area contributed by atoms with Gasteiger partial charge in [0.2, 0.25) is 17.7 Å². The molecule has 8 heteroatoms. The number of hydrogen-bond donors (Lipinski definition) is 2. The molecule has 3 aromatic rings. The molecule has 0 saturated carbocycles. The standard InChI is InChI=1S/C23H23N5O3/c24-20(29)15-27(16-21(25)30)22(31)12-11-19-14-28(13-17-7-3-1-4-8-17)26-23(19)18-9-5-2-6-10-18/h1-12,14H,13,15-16H2,(H2,24,29)(H2,25,30). The van der Waals surface area contributed by atoms with Gasteiger partial charge in [0.05, 0.1) is 12.2 Å². The molecule has 0 radical (unpaired) electrons. The van der Waals surface area contributed by atoms with Crippen LogP contribution in [-0.2, 0) is 20.9 Å². The fourth-order valence-corrected chi connectivity index (χ4v) is 3.09. The fraction of sp³-hybridized carbons (Fsp3) is 0.130. The number of primary amides is 2. The quantitative estimate of drug-likeness (QED) is 0.511. The van der Waals surface area contributed by atoms with Crippen LogP contribution in [0.25, 0.3) is 17.3 Å². The van der Waals surface area contributed by atoms with Crippen molar-refractivity contribution in [2.75, 3.05) is 13.1 Å². The molecular formula is C23H23N5O3. The summed E-state index contributed by atoms with van der Waals surface area (Å²) in [6, 6.07) is 19.5. The second-order valence-corrected chi connectivity index (χ2v) is 6.94. The highest BCUT2D eigenvalue weighted by atomic mass is 16.2. The van der Waals surface area contributed by atoms with Gasteiger partial charge in [0, 0.05) is 23.4 Å². The molecule has 4 N–H and O–H groups in total.